The highest BCUT2D eigenvalue weighted by Gasteiger charge is 2.19. The number of ether oxygens (including phenoxy) is 1. The lowest BCUT2D eigenvalue weighted by atomic mass is 10.0. The molecule has 0 aliphatic rings. The molecule has 0 aromatic heterocycles. The van der Waals surface area contributed by atoms with E-state index in [1.54, 1.807) is 24.3 Å². The molecule has 2 N–H and O–H groups in total. The van der Waals surface area contributed by atoms with Gasteiger partial charge in [-0.1, -0.05) is 84.4 Å². The maximum atomic E-state index is 12.7. The summed E-state index contributed by atoms with van der Waals surface area (Å²) in [5.41, 5.74) is 5.56. The van der Waals surface area contributed by atoms with E-state index in [4.69, 9.17) is 16.3 Å². The molecule has 0 aliphatic heterocycles. The number of hydrazone groups is 1. The molecule has 0 aliphatic carbocycles. The van der Waals surface area contributed by atoms with Gasteiger partial charge in [-0.25, -0.2) is 5.43 Å². The number of hydrogen-bond donors (Lipinski definition) is 2. The minimum atomic E-state index is -0.516. The Morgan fingerprint density at radius 3 is 2.32 bits per heavy atom. The van der Waals surface area contributed by atoms with Crippen molar-refractivity contribution in [3.8, 4) is 5.75 Å². The van der Waals surface area contributed by atoms with Gasteiger partial charge in [-0.2, -0.15) is 5.10 Å². The summed E-state index contributed by atoms with van der Waals surface area (Å²) in [6, 6.07) is 32.6. The zero-order valence-corrected chi connectivity index (χ0v) is 20.8. The van der Waals surface area contributed by atoms with Gasteiger partial charge in [-0.05, 0) is 47.5 Å². The highest BCUT2D eigenvalue weighted by molar-refractivity contribution is 6.30. The van der Waals surface area contributed by atoms with Gasteiger partial charge >= 0.3 is 0 Å². The van der Waals surface area contributed by atoms with E-state index >= 15 is 0 Å². The zero-order valence-electron chi connectivity index (χ0n) is 20.0. The molecule has 37 heavy (non-hydrogen) atoms. The molecule has 2 amide bonds. The Balaban J connectivity index is 1.38. The molecule has 0 heterocycles. The van der Waals surface area contributed by atoms with Crippen LogP contribution in [0.25, 0.3) is 0 Å². The third-order valence-electron chi connectivity index (χ3n) is 5.53. The van der Waals surface area contributed by atoms with Gasteiger partial charge < -0.3 is 10.1 Å². The topological polar surface area (TPSA) is 79.8 Å². The Morgan fingerprint density at radius 1 is 0.865 bits per heavy atom. The van der Waals surface area contributed by atoms with E-state index in [2.05, 4.69) is 15.8 Å². The van der Waals surface area contributed by atoms with Crippen LogP contribution in [-0.4, -0.2) is 18.0 Å². The molecule has 6 nitrogen and oxygen atoms in total. The molecule has 0 bridgehead atoms. The smallest absolute Gasteiger partial charge is 0.251 e. The molecule has 7 heteroatoms. The minimum Gasteiger partial charge on any atom is -0.488 e. The monoisotopic (exact) mass is 511 g/mol. The zero-order chi connectivity index (χ0) is 25.9. The molecule has 0 saturated heterocycles. The molecule has 0 fully saturated rings. The summed E-state index contributed by atoms with van der Waals surface area (Å²) in [5.74, 6) is 0.0325. The Bertz CT molecular complexity index is 1360. The number of hydrogen-bond acceptors (Lipinski definition) is 4. The van der Waals surface area contributed by atoms with Crippen molar-refractivity contribution in [2.75, 3.05) is 0 Å². The SMILES string of the molecule is O=C(C[C@H](NC(=O)c1ccccc1)c1ccccc1)N/N=C\c1ccccc1OCc1cccc(Cl)c1. The highest BCUT2D eigenvalue weighted by Crippen LogP contribution is 2.20. The highest BCUT2D eigenvalue weighted by atomic mass is 35.5. The van der Waals surface area contributed by atoms with Crippen LogP contribution in [0.2, 0.25) is 5.02 Å². The number of amides is 2. The van der Waals surface area contributed by atoms with Gasteiger partial charge in [0.05, 0.1) is 18.7 Å². The standard InChI is InChI=1S/C30H26ClN3O3/c31-26-16-9-10-22(18-26)21-37-28-17-8-7-15-25(28)20-32-34-29(35)19-27(23-11-3-1-4-12-23)33-30(36)24-13-5-2-6-14-24/h1-18,20,27H,19,21H2,(H,33,36)(H,34,35)/b32-20-/t27-/m0/s1. The molecule has 0 unspecified atom stereocenters. The Labute approximate surface area is 220 Å². The molecule has 1 atom stereocenters. The van der Waals surface area contributed by atoms with Crippen LogP contribution in [0.4, 0.5) is 0 Å². The van der Waals surface area contributed by atoms with Gasteiger partial charge in [0.15, 0.2) is 0 Å². The van der Waals surface area contributed by atoms with Gasteiger partial charge in [0.2, 0.25) is 5.91 Å². The molecule has 4 rings (SSSR count). The first-order valence-corrected chi connectivity index (χ1v) is 12.2. The van der Waals surface area contributed by atoms with Crippen LogP contribution in [0.1, 0.15) is 39.5 Å². The van der Waals surface area contributed by atoms with Crippen molar-refractivity contribution < 1.29 is 14.3 Å². The second-order valence-electron chi connectivity index (χ2n) is 8.26. The van der Waals surface area contributed by atoms with E-state index in [0.29, 0.717) is 28.5 Å². The van der Waals surface area contributed by atoms with Gasteiger partial charge in [0.25, 0.3) is 5.91 Å². The Morgan fingerprint density at radius 2 is 1.57 bits per heavy atom. The van der Waals surface area contributed by atoms with Gasteiger partial charge in [0, 0.05) is 16.1 Å². The van der Waals surface area contributed by atoms with Crippen molar-refractivity contribution in [2.24, 2.45) is 5.10 Å². The number of nitrogens with one attached hydrogen (secondary N) is 2. The van der Waals surface area contributed by atoms with Gasteiger partial charge in [0.1, 0.15) is 12.4 Å². The molecule has 0 spiro atoms. The second-order valence-corrected chi connectivity index (χ2v) is 8.69. The van der Waals surface area contributed by atoms with E-state index in [0.717, 1.165) is 11.1 Å². The number of halogens is 1. The van der Waals surface area contributed by atoms with Crippen LogP contribution in [0.15, 0.2) is 114 Å². The number of benzene rings is 4. The maximum absolute atomic E-state index is 12.7. The number of carbonyl (C=O) groups is 2. The Hall–Kier alpha value is -4.42. The van der Waals surface area contributed by atoms with Crippen molar-refractivity contribution in [1.82, 2.24) is 10.7 Å². The molecule has 0 radical (unpaired) electrons. The molecule has 4 aromatic rings. The van der Waals surface area contributed by atoms with Crippen LogP contribution in [0, 0.1) is 0 Å². The van der Waals surface area contributed by atoms with Crippen molar-refractivity contribution in [3.63, 3.8) is 0 Å². The summed E-state index contributed by atoms with van der Waals surface area (Å²) in [6.07, 6.45) is 1.55. The number of nitrogens with zero attached hydrogens (tertiary/aromatic N) is 1. The molecule has 186 valence electrons. The first-order chi connectivity index (χ1) is 18.1. The Kier molecular flexibility index (Phi) is 9.05. The minimum absolute atomic E-state index is 0.0207. The summed E-state index contributed by atoms with van der Waals surface area (Å²) in [5, 5.41) is 7.72. The summed E-state index contributed by atoms with van der Waals surface area (Å²) < 4.78 is 5.93. The number of rotatable bonds is 10. The summed E-state index contributed by atoms with van der Waals surface area (Å²) >= 11 is 6.05. The van der Waals surface area contributed by atoms with Gasteiger partial charge in [-0.15, -0.1) is 0 Å². The number of carbonyl (C=O) groups excluding carboxylic acids is 2. The largest absolute Gasteiger partial charge is 0.488 e. The normalized spacial score (nSPS) is 11.6. The lowest BCUT2D eigenvalue weighted by Gasteiger charge is -2.18. The van der Waals surface area contributed by atoms with Crippen molar-refractivity contribution in [3.05, 3.63) is 136 Å². The quantitative estimate of drug-likeness (QED) is 0.204. The first kappa shape index (κ1) is 25.7. The molecular weight excluding hydrogens is 486 g/mol. The van der Waals surface area contributed by atoms with Crippen LogP contribution in [0.5, 0.6) is 5.75 Å². The van der Waals surface area contributed by atoms with Crippen LogP contribution < -0.4 is 15.5 Å². The average Bonchev–Trinajstić information content (AvgIpc) is 2.93. The van der Waals surface area contributed by atoms with Crippen LogP contribution >= 0.6 is 11.6 Å². The fourth-order valence-corrected chi connectivity index (χ4v) is 3.89. The third-order valence-corrected chi connectivity index (χ3v) is 5.76. The van der Waals surface area contributed by atoms with Gasteiger partial charge in [-0.3, -0.25) is 9.59 Å². The molecule has 0 saturated carbocycles. The van der Waals surface area contributed by atoms with E-state index in [1.165, 1.54) is 6.21 Å². The van der Waals surface area contributed by atoms with E-state index in [9.17, 15) is 9.59 Å². The fourth-order valence-electron chi connectivity index (χ4n) is 3.68. The third kappa shape index (κ3) is 7.78. The predicted molar refractivity (Wildman–Crippen MR) is 146 cm³/mol. The maximum Gasteiger partial charge on any atom is 0.251 e. The second kappa shape index (κ2) is 13.0. The first-order valence-electron chi connectivity index (χ1n) is 11.8. The summed E-state index contributed by atoms with van der Waals surface area (Å²) in [6.45, 7) is 0.345. The molecule has 4 aromatic carbocycles. The van der Waals surface area contributed by atoms with Crippen molar-refractivity contribution in [2.45, 2.75) is 19.1 Å². The van der Waals surface area contributed by atoms with Crippen LogP contribution in [-0.2, 0) is 11.4 Å². The van der Waals surface area contributed by atoms with Crippen molar-refractivity contribution >= 4 is 29.6 Å². The van der Waals surface area contributed by atoms with E-state index in [-0.39, 0.29) is 18.2 Å². The van der Waals surface area contributed by atoms with E-state index < -0.39 is 6.04 Å². The lowest BCUT2D eigenvalue weighted by Crippen LogP contribution is -2.32. The van der Waals surface area contributed by atoms with Crippen molar-refractivity contribution in [1.29, 1.82) is 0 Å². The van der Waals surface area contributed by atoms with E-state index in [1.807, 2.05) is 84.9 Å². The molecular formula is C30H26ClN3O3. The summed E-state index contributed by atoms with van der Waals surface area (Å²) in [7, 11) is 0. The average molecular weight is 512 g/mol. The number of para-hydroxylation sites is 1. The lowest BCUT2D eigenvalue weighted by molar-refractivity contribution is -0.121. The summed E-state index contributed by atoms with van der Waals surface area (Å²) in [4.78, 5) is 25.5. The predicted octanol–water partition coefficient (Wildman–Crippen LogP) is 5.93. The fraction of sp³-hybridized carbons (Fsp3) is 0.100. The van der Waals surface area contributed by atoms with Crippen LogP contribution in [0.3, 0.4) is 0 Å².